The summed E-state index contributed by atoms with van der Waals surface area (Å²) in [4.78, 5) is 12.4. The summed E-state index contributed by atoms with van der Waals surface area (Å²) >= 11 is 1.32. The molecule has 1 N–H and O–H groups in total. The molecule has 0 aliphatic rings. The summed E-state index contributed by atoms with van der Waals surface area (Å²) < 4.78 is 13.3. The average molecular weight is 449 g/mol. The highest BCUT2D eigenvalue weighted by Crippen LogP contribution is 2.21. The number of carbonyl (C=O) groups is 1. The molecule has 1 amide bonds. The number of amides is 1. The molecule has 4 aromatic rings. The Morgan fingerprint density at radius 1 is 1.03 bits per heavy atom. The van der Waals surface area contributed by atoms with Crippen LogP contribution in [0.1, 0.15) is 22.7 Å². The van der Waals surface area contributed by atoms with Crippen molar-refractivity contribution < 1.29 is 13.9 Å². The van der Waals surface area contributed by atoms with Gasteiger partial charge in [-0.25, -0.2) is 0 Å². The van der Waals surface area contributed by atoms with Crippen molar-refractivity contribution in [3.05, 3.63) is 89.6 Å². The third-order valence-corrected chi connectivity index (χ3v) is 5.71. The van der Waals surface area contributed by atoms with E-state index in [2.05, 4.69) is 15.5 Å². The molecule has 0 spiro atoms. The topological polar surface area (TPSA) is 82.2 Å². The van der Waals surface area contributed by atoms with Crippen molar-refractivity contribution in [2.75, 3.05) is 11.1 Å². The molecular formula is C24H24N4O3S. The molecule has 8 heteroatoms. The Morgan fingerprint density at radius 2 is 1.75 bits per heavy atom. The molecule has 2 aromatic carbocycles. The number of ether oxygens (including phenoxy) is 1. The number of anilines is 1. The number of furan rings is 1. The lowest BCUT2D eigenvalue weighted by Crippen LogP contribution is -2.15. The molecule has 0 aliphatic carbocycles. The number of thioether (sulfide) groups is 1. The van der Waals surface area contributed by atoms with Crippen molar-refractivity contribution in [2.24, 2.45) is 0 Å². The first-order chi connectivity index (χ1) is 15.6. The molecule has 0 aliphatic heterocycles. The first-order valence-electron chi connectivity index (χ1n) is 10.2. The first kappa shape index (κ1) is 21.7. The van der Waals surface area contributed by atoms with E-state index in [1.54, 1.807) is 6.26 Å². The highest BCUT2D eigenvalue weighted by molar-refractivity contribution is 7.99. The number of carbonyl (C=O) groups excluding carboxylic acids is 1. The maximum absolute atomic E-state index is 12.4. The second kappa shape index (κ2) is 10.2. The van der Waals surface area contributed by atoms with E-state index in [0.717, 1.165) is 22.8 Å². The van der Waals surface area contributed by atoms with E-state index in [9.17, 15) is 4.79 Å². The standard InChI is InChI=1S/C24H24N4O3S/c1-17-5-9-19(10-6-17)25-23(29)16-32-24-27-26-22(28(24)14-21-4-3-13-30-21)15-31-20-11-7-18(2)8-12-20/h3-13H,14-16H2,1-2H3,(H,25,29). The highest BCUT2D eigenvalue weighted by atomic mass is 32.2. The quantitative estimate of drug-likeness (QED) is 0.369. The van der Waals surface area contributed by atoms with Gasteiger partial charge in [-0.3, -0.25) is 9.36 Å². The fraction of sp³-hybridized carbons (Fsp3) is 0.208. The minimum atomic E-state index is -0.108. The normalized spacial score (nSPS) is 10.8. The minimum absolute atomic E-state index is 0.108. The largest absolute Gasteiger partial charge is 0.486 e. The molecule has 0 atom stereocenters. The third kappa shape index (κ3) is 5.79. The van der Waals surface area contributed by atoms with E-state index < -0.39 is 0 Å². The number of rotatable bonds is 9. The van der Waals surface area contributed by atoms with Crippen molar-refractivity contribution in [1.29, 1.82) is 0 Å². The van der Waals surface area contributed by atoms with Crippen molar-refractivity contribution in [3.63, 3.8) is 0 Å². The van der Waals surface area contributed by atoms with Crippen LogP contribution in [0.15, 0.2) is 76.5 Å². The molecule has 0 saturated carbocycles. The third-order valence-electron chi connectivity index (χ3n) is 4.74. The Kier molecular flexibility index (Phi) is 6.91. The fourth-order valence-electron chi connectivity index (χ4n) is 3.00. The molecule has 32 heavy (non-hydrogen) atoms. The Balaban J connectivity index is 1.43. The van der Waals surface area contributed by atoms with Gasteiger partial charge >= 0.3 is 0 Å². The van der Waals surface area contributed by atoms with Crippen molar-refractivity contribution in [2.45, 2.75) is 32.2 Å². The molecule has 0 saturated heterocycles. The summed E-state index contributed by atoms with van der Waals surface area (Å²) in [6.45, 7) is 4.75. The minimum Gasteiger partial charge on any atom is -0.486 e. The fourth-order valence-corrected chi connectivity index (χ4v) is 3.75. The second-order valence-electron chi connectivity index (χ2n) is 7.37. The highest BCUT2D eigenvalue weighted by Gasteiger charge is 2.16. The van der Waals surface area contributed by atoms with E-state index in [1.807, 2.05) is 79.1 Å². The molecular weight excluding hydrogens is 424 g/mol. The van der Waals surface area contributed by atoms with Crippen molar-refractivity contribution in [1.82, 2.24) is 14.8 Å². The van der Waals surface area contributed by atoms with Crippen LogP contribution in [-0.2, 0) is 17.9 Å². The van der Waals surface area contributed by atoms with Gasteiger partial charge in [0.1, 0.15) is 18.1 Å². The maximum atomic E-state index is 12.4. The van der Waals surface area contributed by atoms with E-state index >= 15 is 0 Å². The zero-order valence-corrected chi connectivity index (χ0v) is 18.8. The van der Waals surface area contributed by atoms with Gasteiger partial charge in [0.05, 0.1) is 18.6 Å². The summed E-state index contributed by atoms with van der Waals surface area (Å²) in [7, 11) is 0. The van der Waals surface area contributed by atoms with Crippen LogP contribution in [0.5, 0.6) is 5.75 Å². The molecule has 4 rings (SSSR count). The lowest BCUT2D eigenvalue weighted by molar-refractivity contribution is -0.113. The number of aromatic nitrogens is 3. The van der Waals surface area contributed by atoms with Gasteiger partial charge < -0.3 is 14.5 Å². The molecule has 0 bridgehead atoms. The van der Waals surface area contributed by atoms with E-state index in [4.69, 9.17) is 9.15 Å². The number of hydrogen-bond acceptors (Lipinski definition) is 6. The Morgan fingerprint density at radius 3 is 2.44 bits per heavy atom. The second-order valence-corrected chi connectivity index (χ2v) is 8.31. The average Bonchev–Trinajstić information content (AvgIpc) is 3.44. The smallest absolute Gasteiger partial charge is 0.234 e. The number of benzene rings is 2. The first-order valence-corrected chi connectivity index (χ1v) is 11.2. The summed E-state index contributed by atoms with van der Waals surface area (Å²) in [6.07, 6.45) is 1.63. The van der Waals surface area contributed by atoms with E-state index in [0.29, 0.717) is 17.5 Å². The van der Waals surface area contributed by atoms with Crippen LogP contribution >= 0.6 is 11.8 Å². The number of nitrogens with zero attached hydrogens (tertiary/aromatic N) is 3. The predicted molar refractivity (Wildman–Crippen MR) is 124 cm³/mol. The van der Waals surface area contributed by atoms with Crippen LogP contribution in [0.25, 0.3) is 0 Å². The lowest BCUT2D eigenvalue weighted by Gasteiger charge is -2.10. The van der Waals surface area contributed by atoms with Gasteiger partial charge in [0.2, 0.25) is 5.91 Å². The molecule has 0 fully saturated rings. The van der Waals surface area contributed by atoms with Gasteiger partial charge in [-0.15, -0.1) is 10.2 Å². The van der Waals surface area contributed by atoms with Gasteiger partial charge in [0.25, 0.3) is 0 Å². The van der Waals surface area contributed by atoms with Crippen LogP contribution in [0.3, 0.4) is 0 Å². The predicted octanol–water partition coefficient (Wildman–Crippen LogP) is 4.85. The Labute approximate surface area is 190 Å². The molecule has 2 aromatic heterocycles. The van der Waals surface area contributed by atoms with Crippen LogP contribution in [0.4, 0.5) is 5.69 Å². The Bertz CT molecular complexity index is 1150. The van der Waals surface area contributed by atoms with Crippen LogP contribution < -0.4 is 10.1 Å². The summed E-state index contributed by atoms with van der Waals surface area (Å²) in [5, 5.41) is 12.1. The van der Waals surface area contributed by atoms with E-state index in [-0.39, 0.29) is 18.3 Å². The summed E-state index contributed by atoms with van der Waals surface area (Å²) in [5.74, 6) is 2.29. The van der Waals surface area contributed by atoms with Crippen LogP contribution in [0.2, 0.25) is 0 Å². The van der Waals surface area contributed by atoms with Gasteiger partial charge in [0.15, 0.2) is 11.0 Å². The SMILES string of the molecule is Cc1ccc(NC(=O)CSc2nnc(COc3ccc(C)cc3)n2Cc2ccco2)cc1. The van der Waals surface area contributed by atoms with E-state index in [1.165, 1.54) is 17.3 Å². The van der Waals surface area contributed by atoms with Gasteiger partial charge in [-0.05, 0) is 50.2 Å². The van der Waals surface area contributed by atoms with Crippen molar-refractivity contribution in [3.8, 4) is 5.75 Å². The van der Waals surface area contributed by atoms with Crippen molar-refractivity contribution >= 4 is 23.4 Å². The molecule has 0 radical (unpaired) electrons. The molecule has 0 unspecified atom stereocenters. The molecule has 2 heterocycles. The number of nitrogens with one attached hydrogen (secondary N) is 1. The zero-order valence-electron chi connectivity index (χ0n) is 17.9. The number of hydrogen-bond donors (Lipinski definition) is 1. The number of aryl methyl sites for hydroxylation is 2. The molecule has 7 nitrogen and oxygen atoms in total. The zero-order chi connectivity index (χ0) is 22.3. The van der Waals surface area contributed by atoms with Crippen LogP contribution in [-0.4, -0.2) is 26.4 Å². The van der Waals surface area contributed by atoms with Crippen LogP contribution in [0, 0.1) is 13.8 Å². The lowest BCUT2D eigenvalue weighted by atomic mass is 10.2. The molecule has 164 valence electrons. The monoisotopic (exact) mass is 448 g/mol. The Hall–Kier alpha value is -3.52. The van der Waals surface area contributed by atoms with Gasteiger partial charge in [-0.2, -0.15) is 0 Å². The van der Waals surface area contributed by atoms with Gasteiger partial charge in [0, 0.05) is 5.69 Å². The van der Waals surface area contributed by atoms with Gasteiger partial charge in [-0.1, -0.05) is 47.2 Å². The maximum Gasteiger partial charge on any atom is 0.234 e. The summed E-state index contributed by atoms with van der Waals surface area (Å²) in [6, 6.07) is 19.3. The summed E-state index contributed by atoms with van der Waals surface area (Å²) in [5.41, 5.74) is 3.08.